The maximum atomic E-state index is 13.9. The van der Waals surface area contributed by atoms with E-state index in [0.717, 1.165) is 50.5 Å². The Morgan fingerprint density at radius 3 is 2.46 bits per heavy atom. The van der Waals surface area contributed by atoms with E-state index in [-0.39, 0.29) is 24.3 Å². The summed E-state index contributed by atoms with van der Waals surface area (Å²) in [6.45, 7) is 5.17. The molecule has 1 aromatic rings. The van der Waals surface area contributed by atoms with Crippen LogP contribution in [0.2, 0.25) is 0 Å². The number of para-hydroxylation sites is 1. The van der Waals surface area contributed by atoms with Gasteiger partial charge in [-0.05, 0) is 31.5 Å². The number of amides is 3. The number of nitrogens with zero attached hydrogens (tertiary/aromatic N) is 4. The summed E-state index contributed by atoms with van der Waals surface area (Å²) in [6, 6.07) is 6.62. The number of rotatable bonds is 6. The number of likely N-dealkylation sites (N-methyl/N-ethyl adjacent to an activating group) is 1. The molecule has 1 aromatic carbocycles. The molecule has 0 aromatic heterocycles. The molecule has 7 nitrogen and oxygen atoms in total. The lowest BCUT2D eigenvalue weighted by Crippen LogP contribution is -2.59. The van der Waals surface area contributed by atoms with Gasteiger partial charge >= 0.3 is 6.03 Å². The average molecular weight is 363 g/mol. The van der Waals surface area contributed by atoms with Crippen LogP contribution >= 0.6 is 0 Å². The van der Waals surface area contributed by atoms with Crippen LogP contribution < -0.4 is 10.3 Å². The lowest BCUT2D eigenvalue weighted by Gasteiger charge is -2.36. The highest BCUT2D eigenvalue weighted by atomic mass is 19.1. The number of carbonyl (C=O) groups is 2. The molecule has 3 amide bonds. The molecule has 2 aliphatic heterocycles. The fraction of sp³-hybridized carbons (Fsp3) is 0.556. The summed E-state index contributed by atoms with van der Waals surface area (Å²) in [6.07, 6.45) is 1.84. The number of hydrazine groups is 1. The van der Waals surface area contributed by atoms with Crippen LogP contribution in [0.25, 0.3) is 0 Å². The first-order chi connectivity index (χ1) is 12.6. The van der Waals surface area contributed by atoms with Crippen molar-refractivity contribution in [2.24, 2.45) is 0 Å². The molecule has 8 heteroatoms. The first kappa shape index (κ1) is 18.6. The first-order valence-electron chi connectivity index (χ1n) is 9.09. The number of carbonyl (C=O) groups excluding carboxylic acids is 2. The Hall–Kier alpha value is -2.19. The Morgan fingerprint density at radius 1 is 1.04 bits per heavy atom. The highest BCUT2D eigenvalue weighted by molar-refractivity contribution is 5.96. The van der Waals surface area contributed by atoms with E-state index in [9.17, 15) is 14.0 Å². The molecule has 2 saturated heterocycles. The SMILES string of the molecule is CN1C(=O)CNN(CCCCN2CCN(c3ccccc3F)CC2)C1=O. The summed E-state index contributed by atoms with van der Waals surface area (Å²) in [5.41, 5.74) is 3.53. The molecule has 142 valence electrons. The predicted octanol–water partition coefficient (Wildman–Crippen LogP) is 1.13. The van der Waals surface area contributed by atoms with Crippen molar-refractivity contribution in [1.29, 1.82) is 0 Å². The first-order valence-corrected chi connectivity index (χ1v) is 9.09. The van der Waals surface area contributed by atoms with Gasteiger partial charge in [0.1, 0.15) is 5.82 Å². The van der Waals surface area contributed by atoms with Gasteiger partial charge in [0, 0.05) is 39.8 Å². The minimum absolute atomic E-state index is 0.164. The van der Waals surface area contributed by atoms with E-state index < -0.39 is 0 Å². The molecular formula is C18H26FN5O2. The number of unbranched alkanes of at least 4 members (excludes halogenated alkanes) is 1. The topological polar surface area (TPSA) is 59.1 Å². The van der Waals surface area contributed by atoms with Crippen molar-refractivity contribution in [2.45, 2.75) is 12.8 Å². The Balaban J connectivity index is 1.35. The molecule has 0 bridgehead atoms. The summed E-state index contributed by atoms with van der Waals surface area (Å²) in [4.78, 5) is 29.0. The summed E-state index contributed by atoms with van der Waals surface area (Å²) in [5, 5.41) is 1.51. The monoisotopic (exact) mass is 363 g/mol. The largest absolute Gasteiger partial charge is 0.367 e. The smallest absolute Gasteiger partial charge is 0.340 e. The van der Waals surface area contributed by atoms with E-state index in [1.807, 2.05) is 12.1 Å². The highest BCUT2D eigenvalue weighted by Gasteiger charge is 2.28. The number of halogens is 1. The molecule has 0 unspecified atom stereocenters. The number of urea groups is 1. The molecule has 0 aliphatic carbocycles. The number of nitrogens with one attached hydrogen (secondary N) is 1. The van der Waals surface area contributed by atoms with Gasteiger partial charge in [-0.2, -0.15) is 0 Å². The molecular weight excluding hydrogens is 337 g/mol. The van der Waals surface area contributed by atoms with Crippen molar-refractivity contribution >= 4 is 17.6 Å². The van der Waals surface area contributed by atoms with Crippen LogP contribution in [-0.4, -0.2) is 79.6 Å². The summed E-state index contributed by atoms with van der Waals surface area (Å²) >= 11 is 0. The van der Waals surface area contributed by atoms with E-state index in [1.54, 1.807) is 6.07 Å². The van der Waals surface area contributed by atoms with Gasteiger partial charge in [0.05, 0.1) is 12.2 Å². The predicted molar refractivity (Wildman–Crippen MR) is 97.2 cm³/mol. The fourth-order valence-corrected chi connectivity index (χ4v) is 3.34. The molecule has 2 fully saturated rings. The van der Waals surface area contributed by atoms with Crippen molar-refractivity contribution in [3.05, 3.63) is 30.1 Å². The van der Waals surface area contributed by atoms with Crippen molar-refractivity contribution in [2.75, 3.05) is 57.8 Å². The molecule has 1 N–H and O–H groups in total. The van der Waals surface area contributed by atoms with Crippen molar-refractivity contribution in [3.8, 4) is 0 Å². The third kappa shape index (κ3) is 4.31. The van der Waals surface area contributed by atoms with Crippen molar-refractivity contribution in [3.63, 3.8) is 0 Å². The zero-order valence-electron chi connectivity index (χ0n) is 15.2. The van der Waals surface area contributed by atoms with Gasteiger partial charge in [-0.25, -0.2) is 14.6 Å². The van der Waals surface area contributed by atoms with Gasteiger partial charge in [0.15, 0.2) is 0 Å². The van der Waals surface area contributed by atoms with Crippen LogP contribution in [0.5, 0.6) is 0 Å². The second-order valence-electron chi connectivity index (χ2n) is 6.71. The van der Waals surface area contributed by atoms with Gasteiger partial charge in [-0.1, -0.05) is 12.1 Å². The van der Waals surface area contributed by atoms with Gasteiger partial charge in [-0.15, -0.1) is 0 Å². The molecule has 0 saturated carbocycles. The lowest BCUT2D eigenvalue weighted by atomic mass is 10.2. The normalized spacial score (nSPS) is 19.4. The number of hydrogen-bond acceptors (Lipinski definition) is 5. The fourth-order valence-electron chi connectivity index (χ4n) is 3.34. The Bertz CT molecular complexity index is 648. The van der Waals surface area contributed by atoms with Crippen LogP contribution in [0.1, 0.15) is 12.8 Å². The van der Waals surface area contributed by atoms with Crippen molar-refractivity contribution in [1.82, 2.24) is 20.2 Å². The molecule has 2 aliphatic rings. The third-order valence-electron chi connectivity index (χ3n) is 4.98. The second-order valence-corrected chi connectivity index (χ2v) is 6.71. The van der Waals surface area contributed by atoms with Crippen LogP contribution in [0.3, 0.4) is 0 Å². The third-order valence-corrected chi connectivity index (χ3v) is 4.98. The zero-order valence-corrected chi connectivity index (χ0v) is 15.2. The van der Waals surface area contributed by atoms with E-state index in [0.29, 0.717) is 12.2 Å². The average Bonchev–Trinajstić information content (AvgIpc) is 2.66. The van der Waals surface area contributed by atoms with Gasteiger partial charge in [0.25, 0.3) is 0 Å². The number of hydrogen-bond donors (Lipinski definition) is 1. The Labute approximate surface area is 153 Å². The quantitative estimate of drug-likeness (QED) is 0.768. The molecule has 0 atom stereocenters. The molecule has 0 spiro atoms. The maximum Gasteiger partial charge on any atom is 0.340 e. The highest BCUT2D eigenvalue weighted by Crippen LogP contribution is 2.20. The summed E-state index contributed by atoms with van der Waals surface area (Å²) in [7, 11) is 1.51. The van der Waals surface area contributed by atoms with Gasteiger partial charge in [0.2, 0.25) is 5.91 Å². The van der Waals surface area contributed by atoms with Crippen LogP contribution in [0.4, 0.5) is 14.9 Å². The summed E-state index contributed by atoms with van der Waals surface area (Å²) in [5.74, 6) is -0.373. The van der Waals surface area contributed by atoms with E-state index in [1.165, 1.54) is 18.1 Å². The second kappa shape index (κ2) is 8.46. The van der Waals surface area contributed by atoms with E-state index in [4.69, 9.17) is 0 Å². The zero-order chi connectivity index (χ0) is 18.5. The Kier molecular flexibility index (Phi) is 6.05. The molecule has 2 heterocycles. The van der Waals surface area contributed by atoms with E-state index in [2.05, 4.69) is 15.2 Å². The molecule has 26 heavy (non-hydrogen) atoms. The van der Waals surface area contributed by atoms with Crippen LogP contribution in [-0.2, 0) is 4.79 Å². The van der Waals surface area contributed by atoms with Crippen molar-refractivity contribution < 1.29 is 14.0 Å². The Morgan fingerprint density at radius 2 is 1.73 bits per heavy atom. The molecule has 0 radical (unpaired) electrons. The minimum atomic E-state index is -0.292. The number of imide groups is 1. The lowest BCUT2D eigenvalue weighted by molar-refractivity contribution is -0.130. The number of anilines is 1. The standard InChI is InChI=1S/C18H26FN5O2/c1-21-17(25)14-20-24(18(21)26)9-5-4-8-22-10-12-23(13-11-22)16-7-3-2-6-15(16)19/h2-3,6-7,20H,4-5,8-14H2,1H3. The van der Waals surface area contributed by atoms with Gasteiger partial charge in [-0.3, -0.25) is 19.6 Å². The van der Waals surface area contributed by atoms with Crippen LogP contribution in [0.15, 0.2) is 24.3 Å². The molecule has 3 rings (SSSR count). The van der Waals surface area contributed by atoms with E-state index >= 15 is 0 Å². The number of benzene rings is 1. The summed E-state index contributed by atoms with van der Waals surface area (Å²) < 4.78 is 13.9. The maximum absolute atomic E-state index is 13.9. The van der Waals surface area contributed by atoms with Crippen LogP contribution in [0, 0.1) is 5.82 Å². The van der Waals surface area contributed by atoms with Gasteiger partial charge < -0.3 is 4.90 Å². The minimum Gasteiger partial charge on any atom is -0.367 e. The number of piperazine rings is 1.